The fourth-order valence-electron chi connectivity index (χ4n) is 4.08. The molecule has 2 amide bonds. The molecule has 0 radical (unpaired) electrons. The molecule has 0 aliphatic carbocycles. The number of anilines is 1. The van der Waals surface area contributed by atoms with Crippen LogP contribution < -0.4 is 15.0 Å². The Morgan fingerprint density at radius 3 is 2.38 bits per heavy atom. The molecule has 0 bridgehead atoms. The number of rotatable bonds is 8. The summed E-state index contributed by atoms with van der Waals surface area (Å²) in [6, 6.07) is 18.8. The summed E-state index contributed by atoms with van der Waals surface area (Å²) in [6.45, 7) is 7.63. The molecule has 0 spiro atoms. The van der Waals surface area contributed by atoms with Crippen LogP contribution in [0.25, 0.3) is 11.0 Å². The van der Waals surface area contributed by atoms with Gasteiger partial charge in [0.25, 0.3) is 0 Å². The number of amides is 2. The van der Waals surface area contributed by atoms with Crippen molar-refractivity contribution in [3.8, 4) is 5.75 Å². The highest BCUT2D eigenvalue weighted by atomic mass is 19.1. The van der Waals surface area contributed by atoms with Crippen molar-refractivity contribution in [3.05, 3.63) is 84.2 Å². The second-order valence-electron chi connectivity index (χ2n) is 9.59. The number of nitrogens with zero attached hydrogens (tertiary/aromatic N) is 4. The molecule has 4 aromatic rings. The van der Waals surface area contributed by atoms with Crippen LogP contribution in [0.1, 0.15) is 39.3 Å². The zero-order chi connectivity index (χ0) is 26.6. The lowest BCUT2D eigenvalue weighted by Gasteiger charge is -2.34. The Labute approximate surface area is 215 Å². The van der Waals surface area contributed by atoms with Crippen LogP contribution >= 0.6 is 0 Å². The van der Waals surface area contributed by atoms with Gasteiger partial charge in [0.15, 0.2) is 0 Å². The molecule has 0 saturated heterocycles. The molecule has 9 heteroatoms. The molecule has 192 valence electrons. The number of hydrogen-bond acceptors (Lipinski definition) is 5. The summed E-state index contributed by atoms with van der Waals surface area (Å²) in [5.41, 5.74) is 1.18. The number of nitrogens with one attached hydrogen (secondary N) is 1. The van der Waals surface area contributed by atoms with Crippen molar-refractivity contribution >= 4 is 28.5 Å². The Balaban J connectivity index is 1.83. The van der Waals surface area contributed by atoms with E-state index in [-0.39, 0.29) is 12.1 Å². The number of halogens is 1. The quantitative estimate of drug-likeness (QED) is 0.378. The molecule has 37 heavy (non-hydrogen) atoms. The molecule has 4 rings (SSSR count). The monoisotopic (exact) mass is 503 g/mol. The van der Waals surface area contributed by atoms with Gasteiger partial charge in [-0.3, -0.25) is 14.5 Å². The lowest BCUT2D eigenvalue weighted by molar-refractivity contribution is -0.128. The lowest BCUT2D eigenvalue weighted by atomic mass is 10.00. The minimum atomic E-state index is -1.28. The predicted octanol–water partition coefficient (Wildman–Crippen LogP) is 4.66. The van der Waals surface area contributed by atoms with E-state index in [1.807, 2.05) is 45.9 Å². The highest BCUT2D eigenvalue weighted by Gasteiger charge is 2.36. The van der Waals surface area contributed by atoms with E-state index in [4.69, 9.17) is 4.74 Å². The van der Waals surface area contributed by atoms with Crippen molar-refractivity contribution in [2.45, 2.75) is 45.8 Å². The van der Waals surface area contributed by atoms with Crippen LogP contribution in [0.5, 0.6) is 5.75 Å². The molecule has 1 aromatic heterocycles. The summed E-state index contributed by atoms with van der Waals surface area (Å²) in [5.74, 6) is -0.950. The third kappa shape index (κ3) is 5.94. The van der Waals surface area contributed by atoms with Gasteiger partial charge in [-0.15, -0.1) is 5.10 Å². The van der Waals surface area contributed by atoms with E-state index in [1.165, 1.54) is 21.7 Å². The van der Waals surface area contributed by atoms with Gasteiger partial charge < -0.3 is 10.1 Å². The molecule has 8 nitrogen and oxygen atoms in total. The molecule has 1 atom stereocenters. The van der Waals surface area contributed by atoms with Gasteiger partial charge in [0, 0.05) is 16.8 Å². The summed E-state index contributed by atoms with van der Waals surface area (Å²) >= 11 is 0. The van der Waals surface area contributed by atoms with Crippen LogP contribution in [0.15, 0.2) is 72.8 Å². The van der Waals surface area contributed by atoms with Gasteiger partial charge in [-0.1, -0.05) is 35.5 Å². The third-order valence-electron chi connectivity index (χ3n) is 5.60. The van der Waals surface area contributed by atoms with Crippen LogP contribution in [-0.4, -0.2) is 39.0 Å². The van der Waals surface area contributed by atoms with Crippen LogP contribution in [-0.2, 0) is 16.1 Å². The van der Waals surface area contributed by atoms with Crippen molar-refractivity contribution in [1.29, 1.82) is 0 Å². The average molecular weight is 504 g/mol. The third-order valence-corrected chi connectivity index (χ3v) is 5.60. The highest BCUT2D eigenvalue weighted by Crippen LogP contribution is 2.32. The maximum Gasteiger partial charge on any atom is 0.249 e. The van der Waals surface area contributed by atoms with Crippen LogP contribution in [0, 0.1) is 5.82 Å². The Morgan fingerprint density at radius 2 is 1.70 bits per heavy atom. The van der Waals surface area contributed by atoms with Gasteiger partial charge in [-0.2, -0.15) is 0 Å². The normalized spacial score (nSPS) is 12.2. The summed E-state index contributed by atoms with van der Waals surface area (Å²) in [5, 5.41) is 11.2. The second-order valence-corrected chi connectivity index (χ2v) is 9.59. The van der Waals surface area contributed by atoms with E-state index in [9.17, 15) is 9.59 Å². The van der Waals surface area contributed by atoms with Crippen molar-refractivity contribution in [2.75, 3.05) is 11.5 Å². The molecular formula is C28H30FN5O3. The fourth-order valence-corrected chi connectivity index (χ4v) is 4.08. The van der Waals surface area contributed by atoms with Crippen molar-refractivity contribution in [1.82, 2.24) is 20.3 Å². The summed E-state index contributed by atoms with van der Waals surface area (Å²) in [4.78, 5) is 29.0. The van der Waals surface area contributed by atoms with Gasteiger partial charge in [0.1, 0.15) is 29.7 Å². The number of hydrogen-bond donors (Lipinski definition) is 1. The smallest absolute Gasteiger partial charge is 0.249 e. The minimum absolute atomic E-state index is 0.0786. The fraction of sp³-hybridized carbons (Fsp3) is 0.286. The number of para-hydroxylation sites is 1. The molecule has 3 aromatic carbocycles. The number of carbonyl (C=O) groups excluding carboxylic acids is 2. The van der Waals surface area contributed by atoms with E-state index in [0.717, 1.165) is 0 Å². The van der Waals surface area contributed by atoms with Crippen LogP contribution in [0.4, 0.5) is 10.1 Å². The maximum atomic E-state index is 15.2. The first-order valence-corrected chi connectivity index (χ1v) is 12.1. The Morgan fingerprint density at radius 1 is 1.03 bits per heavy atom. The molecule has 1 heterocycles. The Bertz CT molecular complexity index is 1390. The molecule has 0 saturated carbocycles. The molecule has 0 unspecified atom stereocenters. The number of carbonyl (C=O) groups is 2. The van der Waals surface area contributed by atoms with Crippen molar-refractivity contribution in [2.24, 2.45) is 0 Å². The summed E-state index contributed by atoms with van der Waals surface area (Å²) in [7, 11) is 0. The number of benzene rings is 3. The number of aromatic nitrogens is 3. The van der Waals surface area contributed by atoms with Gasteiger partial charge in [-0.25, -0.2) is 9.07 Å². The number of ether oxygens (including phenoxy) is 1. The first kappa shape index (κ1) is 25.8. The van der Waals surface area contributed by atoms with Gasteiger partial charge in [-0.05, 0) is 70.2 Å². The SMILES string of the molecule is CCOc1ccc(N(C(=O)Cn2nnc3ccccc32)[C@@H](C(=O)NC(C)(C)C)c2ccccc2F)cc1. The van der Waals surface area contributed by atoms with Crippen molar-refractivity contribution < 1.29 is 18.7 Å². The van der Waals surface area contributed by atoms with Crippen molar-refractivity contribution in [3.63, 3.8) is 0 Å². The zero-order valence-corrected chi connectivity index (χ0v) is 21.3. The molecule has 0 aliphatic rings. The molecular weight excluding hydrogens is 473 g/mol. The average Bonchev–Trinajstić information content (AvgIpc) is 3.25. The first-order chi connectivity index (χ1) is 17.7. The largest absolute Gasteiger partial charge is 0.494 e. The minimum Gasteiger partial charge on any atom is -0.494 e. The lowest BCUT2D eigenvalue weighted by Crippen LogP contribution is -2.50. The molecule has 0 aliphatic heterocycles. The Hall–Kier alpha value is -4.27. The van der Waals surface area contributed by atoms with Gasteiger partial charge in [0.05, 0.1) is 12.1 Å². The van der Waals surface area contributed by atoms with E-state index < -0.39 is 29.2 Å². The van der Waals surface area contributed by atoms with E-state index in [2.05, 4.69) is 15.6 Å². The molecule has 1 N–H and O–H groups in total. The number of fused-ring (bicyclic) bond motifs is 1. The van der Waals surface area contributed by atoms with E-state index >= 15 is 4.39 Å². The maximum absolute atomic E-state index is 15.2. The van der Waals surface area contributed by atoms with Crippen LogP contribution in [0.2, 0.25) is 0 Å². The van der Waals surface area contributed by atoms with Gasteiger partial charge in [0.2, 0.25) is 11.8 Å². The first-order valence-electron chi connectivity index (χ1n) is 12.1. The zero-order valence-electron chi connectivity index (χ0n) is 21.3. The summed E-state index contributed by atoms with van der Waals surface area (Å²) < 4.78 is 22.2. The standard InChI is InChI=1S/C28H30FN5O3/c1-5-37-20-16-14-19(15-17-20)34(25(35)18-33-24-13-9-8-12-23(24)31-32-33)26(27(36)30-28(2,3)4)21-10-6-7-11-22(21)29/h6-17,26H,5,18H2,1-4H3,(H,30,36)/t26-/m1/s1. The Kier molecular flexibility index (Phi) is 7.52. The molecule has 0 fully saturated rings. The van der Waals surface area contributed by atoms with Crippen LogP contribution in [0.3, 0.4) is 0 Å². The summed E-state index contributed by atoms with van der Waals surface area (Å²) in [6.07, 6.45) is 0. The topological polar surface area (TPSA) is 89.3 Å². The second kappa shape index (κ2) is 10.8. The highest BCUT2D eigenvalue weighted by molar-refractivity contribution is 6.01. The van der Waals surface area contributed by atoms with E-state index in [0.29, 0.717) is 29.1 Å². The predicted molar refractivity (Wildman–Crippen MR) is 140 cm³/mol. The van der Waals surface area contributed by atoms with E-state index in [1.54, 1.807) is 42.5 Å². The van der Waals surface area contributed by atoms with Gasteiger partial charge >= 0.3 is 0 Å².